The van der Waals surface area contributed by atoms with Crippen molar-refractivity contribution < 1.29 is 0 Å². The molecule has 0 aliphatic heterocycles. The van der Waals surface area contributed by atoms with E-state index < -0.39 is 0 Å². The van der Waals surface area contributed by atoms with Gasteiger partial charge in [0.1, 0.15) is 0 Å². The highest BCUT2D eigenvalue weighted by molar-refractivity contribution is 5.33. The van der Waals surface area contributed by atoms with Gasteiger partial charge < -0.3 is 10.3 Å². The van der Waals surface area contributed by atoms with Crippen LogP contribution in [0, 0.1) is 11.3 Å². The van der Waals surface area contributed by atoms with E-state index in [1.54, 1.807) is 12.4 Å². The van der Waals surface area contributed by atoms with Crippen LogP contribution in [0.1, 0.15) is 25.8 Å². The van der Waals surface area contributed by atoms with Crippen LogP contribution in [0.15, 0.2) is 23.3 Å². The van der Waals surface area contributed by atoms with E-state index in [-0.39, 0.29) is 17.2 Å². The van der Waals surface area contributed by atoms with E-state index in [2.05, 4.69) is 6.07 Å². The highest BCUT2D eigenvalue weighted by atomic mass is 16.1. The molecule has 0 aliphatic rings. The van der Waals surface area contributed by atoms with Crippen LogP contribution in [0.2, 0.25) is 0 Å². The fourth-order valence-electron chi connectivity index (χ4n) is 1.21. The lowest BCUT2D eigenvalue weighted by atomic mass is 10.2. The number of nitriles is 1. The molecule has 0 saturated heterocycles. The molecule has 0 spiro atoms. The van der Waals surface area contributed by atoms with E-state index >= 15 is 0 Å². The molecule has 0 bridgehead atoms. The Balaban J connectivity index is 2.81. The average molecular weight is 191 g/mol. The van der Waals surface area contributed by atoms with Gasteiger partial charge in [-0.2, -0.15) is 5.26 Å². The van der Waals surface area contributed by atoms with Crippen molar-refractivity contribution in [2.24, 2.45) is 0 Å². The van der Waals surface area contributed by atoms with Crippen LogP contribution in [-0.2, 0) is 0 Å². The van der Waals surface area contributed by atoms with Gasteiger partial charge in [-0.25, -0.2) is 0 Å². The third kappa shape index (κ3) is 2.36. The van der Waals surface area contributed by atoms with E-state index in [0.717, 1.165) is 6.42 Å². The summed E-state index contributed by atoms with van der Waals surface area (Å²) in [7, 11) is 0. The summed E-state index contributed by atoms with van der Waals surface area (Å²) in [4.78, 5) is 11.0. The Hall–Kier alpha value is -1.76. The second kappa shape index (κ2) is 4.47. The number of hydrogen-bond acceptors (Lipinski definition) is 3. The molecule has 1 aromatic rings. The van der Waals surface area contributed by atoms with Crippen LogP contribution in [-0.4, -0.2) is 4.57 Å². The maximum absolute atomic E-state index is 11.0. The molecule has 4 nitrogen and oxygen atoms in total. The molecule has 1 aromatic heterocycles. The third-order valence-electron chi connectivity index (χ3n) is 2.15. The predicted molar refractivity (Wildman–Crippen MR) is 54.7 cm³/mol. The van der Waals surface area contributed by atoms with Gasteiger partial charge in [0.15, 0.2) is 0 Å². The maximum atomic E-state index is 11.0. The summed E-state index contributed by atoms with van der Waals surface area (Å²) in [5.74, 6) is 0. The van der Waals surface area contributed by atoms with Crippen LogP contribution in [0.25, 0.3) is 0 Å². The zero-order valence-electron chi connectivity index (χ0n) is 8.10. The second-order valence-electron chi connectivity index (χ2n) is 3.26. The minimum atomic E-state index is -0.159. The number of rotatable bonds is 3. The first-order valence-corrected chi connectivity index (χ1v) is 4.49. The van der Waals surface area contributed by atoms with E-state index in [1.165, 1.54) is 6.07 Å². The van der Waals surface area contributed by atoms with Gasteiger partial charge in [-0.3, -0.25) is 4.79 Å². The number of nitrogens with two attached hydrogens (primary N) is 1. The first-order chi connectivity index (χ1) is 6.65. The van der Waals surface area contributed by atoms with E-state index in [4.69, 9.17) is 11.0 Å². The molecule has 0 aromatic carbocycles. The molecule has 1 unspecified atom stereocenters. The highest BCUT2D eigenvalue weighted by Crippen LogP contribution is 2.12. The number of aromatic nitrogens is 1. The lowest BCUT2D eigenvalue weighted by molar-refractivity contribution is 0.511. The summed E-state index contributed by atoms with van der Waals surface area (Å²) >= 11 is 0. The largest absolute Gasteiger partial charge is 0.394 e. The highest BCUT2D eigenvalue weighted by Gasteiger charge is 2.03. The first-order valence-electron chi connectivity index (χ1n) is 4.49. The normalized spacial score (nSPS) is 12.0. The summed E-state index contributed by atoms with van der Waals surface area (Å²) in [6, 6.07) is 3.72. The predicted octanol–water partition coefficient (Wildman–Crippen LogP) is 1.30. The zero-order chi connectivity index (χ0) is 10.6. The molecule has 0 amide bonds. The van der Waals surface area contributed by atoms with Gasteiger partial charge in [0, 0.05) is 30.9 Å². The number of hydrogen-bond donors (Lipinski definition) is 1. The van der Waals surface area contributed by atoms with Gasteiger partial charge >= 0.3 is 0 Å². The molecule has 1 heterocycles. The SMILES string of the molecule is CC(CCC#N)n1ccc(=O)c(N)c1. The summed E-state index contributed by atoms with van der Waals surface area (Å²) in [6.45, 7) is 1.99. The Morgan fingerprint density at radius 3 is 3.00 bits per heavy atom. The van der Waals surface area contributed by atoms with Gasteiger partial charge in [-0.1, -0.05) is 0 Å². The van der Waals surface area contributed by atoms with Gasteiger partial charge in [-0.15, -0.1) is 0 Å². The molecular formula is C10H13N3O. The fourth-order valence-corrected chi connectivity index (χ4v) is 1.21. The number of anilines is 1. The summed E-state index contributed by atoms with van der Waals surface area (Å²) in [5, 5.41) is 8.43. The molecule has 4 heteroatoms. The van der Waals surface area contributed by atoms with Crippen molar-refractivity contribution >= 4 is 5.69 Å². The van der Waals surface area contributed by atoms with Gasteiger partial charge in [-0.05, 0) is 13.3 Å². The standard InChI is InChI=1S/C10H13N3O/c1-8(3-2-5-11)13-6-4-10(14)9(12)7-13/h4,6-8H,2-3,12H2,1H3. The van der Waals surface area contributed by atoms with Crippen LogP contribution in [0.4, 0.5) is 5.69 Å². The second-order valence-corrected chi connectivity index (χ2v) is 3.26. The topological polar surface area (TPSA) is 71.8 Å². The van der Waals surface area contributed by atoms with Crippen molar-refractivity contribution in [1.29, 1.82) is 5.26 Å². The first kappa shape index (κ1) is 10.3. The van der Waals surface area contributed by atoms with Crippen molar-refractivity contribution in [3.8, 4) is 6.07 Å². The van der Waals surface area contributed by atoms with Crippen molar-refractivity contribution in [3.63, 3.8) is 0 Å². The van der Waals surface area contributed by atoms with E-state index in [9.17, 15) is 4.79 Å². The van der Waals surface area contributed by atoms with Crippen molar-refractivity contribution in [2.75, 3.05) is 5.73 Å². The van der Waals surface area contributed by atoms with Crippen LogP contribution in [0.5, 0.6) is 0 Å². The minimum absolute atomic E-state index is 0.159. The lowest BCUT2D eigenvalue weighted by Crippen LogP contribution is -2.13. The molecule has 1 rings (SSSR count). The Bertz CT molecular complexity index is 403. The summed E-state index contributed by atoms with van der Waals surface area (Å²) < 4.78 is 1.86. The third-order valence-corrected chi connectivity index (χ3v) is 2.15. The van der Waals surface area contributed by atoms with E-state index in [1.807, 2.05) is 11.5 Å². The molecule has 0 fully saturated rings. The number of nitrogens with zero attached hydrogens (tertiary/aromatic N) is 2. The molecule has 74 valence electrons. The summed E-state index contributed by atoms with van der Waals surface area (Å²) in [5.41, 5.74) is 5.58. The van der Waals surface area contributed by atoms with Crippen molar-refractivity contribution in [2.45, 2.75) is 25.8 Å². The zero-order valence-corrected chi connectivity index (χ0v) is 8.10. The molecule has 2 N–H and O–H groups in total. The smallest absolute Gasteiger partial charge is 0.204 e. The lowest BCUT2D eigenvalue weighted by Gasteiger charge is -2.14. The average Bonchev–Trinajstić information content (AvgIpc) is 2.18. The van der Waals surface area contributed by atoms with Crippen LogP contribution >= 0.6 is 0 Å². The Morgan fingerprint density at radius 1 is 1.71 bits per heavy atom. The Labute approximate surface area is 82.6 Å². The van der Waals surface area contributed by atoms with Crippen LogP contribution < -0.4 is 11.2 Å². The minimum Gasteiger partial charge on any atom is -0.394 e. The molecule has 1 atom stereocenters. The quantitative estimate of drug-likeness (QED) is 0.782. The van der Waals surface area contributed by atoms with Crippen molar-refractivity contribution in [1.82, 2.24) is 4.57 Å². The Kier molecular flexibility index (Phi) is 3.29. The molecule has 0 saturated carbocycles. The van der Waals surface area contributed by atoms with Crippen molar-refractivity contribution in [3.05, 3.63) is 28.7 Å². The van der Waals surface area contributed by atoms with Gasteiger partial charge in [0.25, 0.3) is 0 Å². The fraction of sp³-hybridized carbons (Fsp3) is 0.400. The number of pyridine rings is 1. The summed E-state index contributed by atoms with van der Waals surface area (Å²) in [6.07, 6.45) is 4.58. The van der Waals surface area contributed by atoms with E-state index in [0.29, 0.717) is 6.42 Å². The van der Waals surface area contributed by atoms with Crippen LogP contribution in [0.3, 0.4) is 0 Å². The van der Waals surface area contributed by atoms with Gasteiger partial charge in [0.05, 0.1) is 11.8 Å². The number of nitrogen functional groups attached to an aromatic ring is 1. The molecule has 14 heavy (non-hydrogen) atoms. The Morgan fingerprint density at radius 2 is 2.43 bits per heavy atom. The molecule has 0 aliphatic carbocycles. The monoisotopic (exact) mass is 191 g/mol. The maximum Gasteiger partial charge on any atom is 0.204 e. The molecular weight excluding hydrogens is 178 g/mol. The molecule has 0 radical (unpaired) electrons. The van der Waals surface area contributed by atoms with Gasteiger partial charge in [0.2, 0.25) is 5.43 Å².